The van der Waals surface area contributed by atoms with Crippen molar-refractivity contribution in [2.45, 2.75) is 25.9 Å². The second-order valence-corrected chi connectivity index (χ2v) is 5.25. The molecule has 1 aromatic carbocycles. The highest BCUT2D eigenvalue weighted by molar-refractivity contribution is 5.96. The van der Waals surface area contributed by atoms with Gasteiger partial charge in [0.05, 0.1) is 6.10 Å². The third-order valence-electron chi connectivity index (χ3n) is 3.58. The van der Waals surface area contributed by atoms with Gasteiger partial charge in [0.15, 0.2) is 0 Å². The SMILES string of the molecule is Cc1ccc(N)cc1C(=O)N(C)CC1CC(O)C1. The zero-order valence-corrected chi connectivity index (χ0v) is 10.9. The number of nitrogens with zero attached hydrogens (tertiary/aromatic N) is 1. The second-order valence-electron chi connectivity index (χ2n) is 5.25. The first-order valence-electron chi connectivity index (χ1n) is 6.27. The molecule has 1 saturated carbocycles. The average Bonchev–Trinajstić information content (AvgIpc) is 2.29. The van der Waals surface area contributed by atoms with Crippen molar-refractivity contribution in [1.29, 1.82) is 0 Å². The third kappa shape index (κ3) is 2.64. The summed E-state index contributed by atoms with van der Waals surface area (Å²) in [5.74, 6) is 0.427. The number of aliphatic hydroxyl groups is 1. The average molecular weight is 248 g/mol. The molecule has 0 atom stereocenters. The van der Waals surface area contributed by atoms with Crippen molar-refractivity contribution in [1.82, 2.24) is 4.90 Å². The molecule has 4 nitrogen and oxygen atoms in total. The molecule has 0 aromatic heterocycles. The minimum Gasteiger partial charge on any atom is -0.399 e. The molecule has 0 heterocycles. The minimum absolute atomic E-state index is 0.00110. The van der Waals surface area contributed by atoms with Gasteiger partial charge in [-0.1, -0.05) is 6.07 Å². The number of anilines is 1. The fraction of sp³-hybridized carbons (Fsp3) is 0.500. The van der Waals surface area contributed by atoms with E-state index in [-0.39, 0.29) is 12.0 Å². The Morgan fingerprint density at radius 3 is 2.78 bits per heavy atom. The molecule has 1 aliphatic carbocycles. The summed E-state index contributed by atoms with van der Waals surface area (Å²) in [7, 11) is 1.80. The molecule has 0 unspecified atom stereocenters. The lowest BCUT2D eigenvalue weighted by atomic mass is 9.82. The summed E-state index contributed by atoms with van der Waals surface area (Å²) in [4.78, 5) is 14.0. The lowest BCUT2D eigenvalue weighted by Gasteiger charge is -2.34. The molecule has 0 bridgehead atoms. The lowest BCUT2D eigenvalue weighted by Crippen LogP contribution is -2.39. The standard InChI is InChI=1S/C14H20N2O2/c1-9-3-4-11(15)7-13(9)14(18)16(2)8-10-5-12(17)6-10/h3-4,7,10,12,17H,5-6,8,15H2,1-2H3. The van der Waals surface area contributed by atoms with Crippen LogP contribution in [0.25, 0.3) is 0 Å². The Balaban J connectivity index is 2.03. The summed E-state index contributed by atoms with van der Waals surface area (Å²) >= 11 is 0. The molecule has 2 rings (SSSR count). The molecule has 0 saturated heterocycles. The molecule has 1 fully saturated rings. The van der Waals surface area contributed by atoms with Gasteiger partial charge in [-0.25, -0.2) is 0 Å². The van der Waals surface area contributed by atoms with Crippen molar-refractivity contribution in [3.63, 3.8) is 0 Å². The molecule has 4 heteroatoms. The molecule has 1 amide bonds. The molecular formula is C14H20N2O2. The number of aryl methyl sites for hydroxylation is 1. The van der Waals surface area contributed by atoms with Crippen LogP contribution in [-0.2, 0) is 0 Å². The molecule has 0 radical (unpaired) electrons. The number of rotatable bonds is 3. The van der Waals surface area contributed by atoms with Crippen molar-refractivity contribution >= 4 is 11.6 Å². The van der Waals surface area contributed by atoms with Crippen molar-refractivity contribution in [3.05, 3.63) is 29.3 Å². The maximum Gasteiger partial charge on any atom is 0.253 e. The number of amides is 1. The van der Waals surface area contributed by atoms with E-state index in [1.54, 1.807) is 24.1 Å². The van der Waals surface area contributed by atoms with E-state index in [4.69, 9.17) is 5.73 Å². The van der Waals surface area contributed by atoms with E-state index >= 15 is 0 Å². The van der Waals surface area contributed by atoms with Crippen molar-refractivity contribution < 1.29 is 9.90 Å². The second kappa shape index (κ2) is 4.98. The van der Waals surface area contributed by atoms with E-state index < -0.39 is 0 Å². The molecule has 3 N–H and O–H groups in total. The molecule has 0 aliphatic heterocycles. The van der Waals surface area contributed by atoms with Crippen molar-refractivity contribution in [2.24, 2.45) is 5.92 Å². The quantitative estimate of drug-likeness (QED) is 0.795. The highest BCUT2D eigenvalue weighted by Crippen LogP contribution is 2.28. The summed E-state index contributed by atoms with van der Waals surface area (Å²) in [6.07, 6.45) is 1.42. The van der Waals surface area contributed by atoms with Crippen LogP contribution in [0, 0.1) is 12.8 Å². The first-order chi connectivity index (χ1) is 8.47. The Hall–Kier alpha value is -1.55. The number of hydrogen-bond acceptors (Lipinski definition) is 3. The minimum atomic E-state index is -0.174. The van der Waals surface area contributed by atoms with Crippen LogP contribution in [0.5, 0.6) is 0 Å². The number of aliphatic hydroxyl groups excluding tert-OH is 1. The van der Waals surface area contributed by atoms with Gasteiger partial charge in [0.25, 0.3) is 5.91 Å². The molecule has 1 aliphatic rings. The Labute approximate surface area is 107 Å². The predicted octanol–water partition coefficient (Wildman–Crippen LogP) is 1.42. The summed E-state index contributed by atoms with van der Waals surface area (Å²) < 4.78 is 0. The summed E-state index contributed by atoms with van der Waals surface area (Å²) in [6, 6.07) is 5.39. The van der Waals surface area contributed by atoms with E-state index in [0.29, 0.717) is 23.7 Å². The normalized spacial score (nSPS) is 22.4. The highest BCUT2D eigenvalue weighted by Gasteiger charge is 2.29. The van der Waals surface area contributed by atoms with Gasteiger partial charge in [-0.3, -0.25) is 4.79 Å². The maximum absolute atomic E-state index is 12.3. The van der Waals surface area contributed by atoms with E-state index in [0.717, 1.165) is 18.4 Å². The number of benzene rings is 1. The lowest BCUT2D eigenvalue weighted by molar-refractivity contribution is 0.0265. The Bertz CT molecular complexity index is 453. The van der Waals surface area contributed by atoms with Crippen LogP contribution in [0.15, 0.2) is 18.2 Å². The zero-order chi connectivity index (χ0) is 13.3. The predicted molar refractivity (Wildman–Crippen MR) is 71.3 cm³/mol. The molecule has 1 aromatic rings. The van der Waals surface area contributed by atoms with E-state index in [2.05, 4.69) is 0 Å². The van der Waals surface area contributed by atoms with Crippen LogP contribution < -0.4 is 5.73 Å². The van der Waals surface area contributed by atoms with Gasteiger partial charge in [-0.2, -0.15) is 0 Å². The molecule has 98 valence electrons. The first kappa shape index (κ1) is 12.9. The van der Waals surface area contributed by atoms with Gasteiger partial charge in [0.1, 0.15) is 0 Å². The summed E-state index contributed by atoms with van der Waals surface area (Å²) in [6.45, 7) is 2.61. The Morgan fingerprint density at radius 2 is 2.17 bits per heavy atom. The van der Waals surface area contributed by atoms with Gasteiger partial charge >= 0.3 is 0 Å². The Morgan fingerprint density at radius 1 is 1.50 bits per heavy atom. The van der Waals surface area contributed by atoms with Gasteiger partial charge in [0.2, 0.25) is 0 Å². The zero-order valence-electron chi connectivity index (χ0n) is 10.9. The summed E-state index contributed by atoms with van der Waals surface area (Å²) in [5.41, 5.74) is 7.93. The van der Waals surface area contributed by atoms with Crippen LogP contribution in [0.3, 0.4) is 0 Å². The van der Waals surface area contributed by atoms with E-state index in [1.807, 2.05) is 13.0 Å². The van der Waals surface area contributed by atoms with Gasteiger partial charge in [-0.15, -0.1) is 0 Å². The van der Waals surface area contributed by atoms with Crippen LogP contribution in [0.2, 0.25) is 0 Å². The van der Waals surface area contributed by atoms with Gasteiger partial charge < -0.3 is 15.7 Å². The van der Waals surface area contributed by atoms with Crippen LogP contribution in [0.4, 0.5) is 5.69 Å². The van der Waals surface area contributed by atoms with Crippen molar-refractivity contribution in [2.75, 3.05) is 19.3 Å². The molecule has 18 heavy (non-hydrogen) atoms. The van der Waals surface area contributed by atoms with Gasteiger partial charge in [-0.05, 0) is 43.4 Å². The number of carbonyl (C=O) groups is 1. The molecule has 0 spiro atoms. The fourth-order valence-electron chi connectivity index (χ4n) is 2.40. The van der Waals surface area contributed by atoms with Crippen LogP contribution >= 0.6 is 0 Å². The number of carbonyl (C=O) groups excluding carboxylic acids is 1. The van der Waals surface area contributed by atoms with Gasteiger partial charge in [0, 0.05) is 24.8 Å². The topological polar surface area (TPSA) is 66.6 Å². The van der Waals surface area contributed by atoms with E-state index in [1.165, 1.54) is 0 Å². The van der Waals surface area contributed by atoms with Crippen molar-refractivity contribution in [3.8, 4) is 0 Å². The summed E-state index contributed by atoms with van der Waals surface area (Å²) in [5, 5.41) is 9.25. The first-order valence-corrected chi connectivity index (χ1v) is 6.27. The van der Waals surface area contributed by atoms with Crippen LogP contribution in [0.1, 0.15) is 28.8 Å². The Kier molecular flexibility index (Phi) is 3.57. The molecular weight excluding hydrogens is 228 g/mol. The van der Waals surface area contributed by atoms with Crippen LogP contribution in [-0.4, -0.2) is 35.6 Å². The number of nitrogens with two attached hydrogens (primary N) is 1. The maximum atomic E-state index is 12.3. The number of nitrogen functional groups attached to an aromatic ring is 1. The monoisotopic (exact) mass is 248 g/mol. The third-order valence-corrected chi connectivity index (χ3v) is 3.58. The van der Waals surface area contributed by atoms with E-state index in [9.17, 15) is 9.90 Å². The highest BCUT2D eigenvalue weighted by atomic mass is 16.3. The number of hydrogen-bond donors (Lipinski definition) is 2. The largest absolute Gasteiger partial charge is 0.399 e. The fourth-order valence-corrected chi connectivity index (χ4v) is 2.40. The smallest absolute Gasteiger partial charge is 0.253 e.